The molecule has 1 amide bonds. The lowest BCUT2D eigenvalue weighted by molar-refractivity contribution is -0.119. The molecule has 132 valence electrons. The lowest BCUT2D eigenvalue weighted by atomic mass is 9.96. The molecule has 2 saturated heterocycles. The molecule has 3 heterocycles. The van der Waals surface area contributed by atoms with Crippen LogP contribution in [0.5, 0.6) is 0 Å². The van der Waals surface area contributed by atoms with Crippen molar-refractivity contribution in [2.24, 2.45) is 5.92 Å². The highest BCUT2D eigenvalue weighted by Gasteiger charge is 2.34. The summed E-state index contributed by atoms with van der Waals surface area (Å²) in [4.78, 5) is 13.7. The summed E-state index contributed by atoms with van der Waals surface area (Å²) in [5.41, 5.74) is 2.67. The lowest BCUT2D eigenvalue weighted by Crippen LogP contribution is -2.31. The molecule has 0 bridgehead atoms. The molecule has 1 N–H and O–H groups in total. The third-order valence-electron chi connectivity index (χ3n) is 5.39. The summed E-state index contributed by atoms with van der Waals surface area (Å²) in [6.45, 7) is 6.66. The number of rotatable bonds is 4. The molecule has 2 aromatic rings. The zero-order chi connectivity index (χ0) is 17.4. The van der Waals surface area contributed by atoms with Gasteiger partial charge in [-0.25, -0.2) is 4.68 Å². The highest BCUT2D eigenvalue weighted by molar-refractivity contribution is 5.78. The highest BCUT2D eigenvalue weighted by Crippen LogP contribution is 2.34. The summed E-state index contributed by atoms with van der Waals surface area (Å²) in [7, 11) is 0. The van der Waals surface area contributed by atoms with E-state index in [-0.39, 0.29) is 11.8 Å². The van der Waals surface area contributed by atoms with Gasteiger partial charge in [0.25, 0.3) is 0 Å². The van der Waals surface area contributed by atoms with Gasteiger partial charge in [0.1, 0.15) is 0 Å². The summed E-state index contributed by atoms with van der Waals surface area (Å²) < 4.78 is 1.86. The third kappa shape index (κ3) is 3.23. The Kier molecular flexibility index (Phi) is 4.15. The largest absolute Gasteiger partial charge is 0.356 e. The zero-order valence-corrected chi connectivity index (χ0v) is 14.7. The fourth-order valence-corrected chi connectivity index (χ4v) is 3.95. The normalized spacial score (nSPS) is 26.2. The number of carbonyl (C=O) groups excluding carboxylic acids is 1. The van der Waals surface area contributed by atoms with Crippen LogP contribution in [0.15, 0.2) is 24.3 Å². The number of nitrogens with one attached hydrogen (secondary N) is 1. The first-order valence-corrected chi connectivity index (χ1v) is 8.96. The summed E-state index contributed by atoms with van der Waals surface area (Å²) >= 11 is 0. The summed E-state index contributed by atoms with van der Waals surface area (Å²) in [5, 5.41) is 15.2. The zero-order valence-electron chi connectivity index (χ0n) is 14.7. The first kappa shape index (κ1) is 16.1. The van der Waals surface area contributed by atoms with Crippen LogP contribution in [0.4, 0.5) is 5.95 Å². The van der Waals surface area contributed by atoms with Crippen molar-refractivity contribution in [1.29, 1.82) is 0 Å². The average molecular weight is 340 g/mol. The minimum Gasteiger partial charge on any atom is -0.356 e. The number of carbonyl (C=O) groups is 1. The molecule has 25 heavy (non-hydrogen) atoms. The molecular weight excluding hydrogens is 316 g/mol. The molecule has 0 radical (unpaired) electrons. The van der Waals surface area contributed by atoms with Crippen LogP contribution < -0.4 is 10.2 Å². The van der Waals surface area contributed by atoms with Crippen LogP contribution in [0.2, 0.25) is 0 Å². The van der Waals surface area contributed by atoms with Gasteiger partial charge in [0.15, 0.2) is 0 Å². The second-order valence-corrected chi connectivity index (χ2v) is 7.38. The van der Waals surface area contributed by atoms with E-state index in [0.717, 1.165) is 18.9 Å². The van der Waals surface area contributed by atoms with Gasteiger partial charge in [0, 0.05) is 37.4 Å². The molecule has 7 nitrogen and oxygen atoms in total. The minimum atomic E-state index is 0.119. The van der Waals surface area contributed by atoms with Crippen LogP contribution in [0.1, 0.15) is 36.8 Å². The van der Waals surface area contributed by atoms with Crippen molar-refractivity contribution in [3.8, 4) is 0 Å². The smallest absolute Gasteiger partial charge is 0.245 e. The van der Waals surface area contributed by atoms with E-state index in [1.54, 1.807) is 0 Å². The number of hydrogen-bond acceptors (Lipinski definition) is 5. The standard InChI is InChI=1S/C18H24N6O/c1-12-3-5-15(6-4-12)16-7-13(2)23(11-16)18-20-21-22-24(18)10-14-8-17(25)19-9-14/h3-6,13-14,16H,7-11H2,1-2H3,(H,19,25). The Morgan fingerprint density at radius 3 is 2.80 bits per heavy atom. The van der Waals surface area contributed by atoms with E-state index in [4.69, 9.17) is 0 Å². The molecule has 7 heteroatoms. The topological polar surface area (TPSA) is 75.9 Å². The number of aryl methyl sites for hydroxylation is 1. The van der Waals surface area contributed by atoms with E-state index in [9.17, 15) is 4.79 Å². The highest BCUT2D eigenvalue weighted by atomic mass is 16.1. The molecule has 2 fully saturated rings. The second kappa shape index (κ2) is 6.46. The first-order valence-electron chi connectivity index (χ1n) is 8.96. The van der Waals surface area contributed by atoms with E-state index in [2.05, 4.69) is 63.9 Å². The predicted octanol–water partition coefficient (Wildman–Crippen LogP) is 1.50. The SMILES string of the molecule is Cc1ccc(C2CC(C)N(c3nnnn3CC3CNC(=O)C3)C2)cc1. The number of hydrogen-bond donors (Lipinski definition) is 1. The van der Waals surface area contributed by atoms with Crippen molar-refractivity contribution < 1.29 is 4.79 Å². The maximum absolute atomic E-state index is 11.4. The van der Waals surface area contributed by atoms with E-state index < -0.39 is 0 Å². The molecule has 0 saturated carbocycles. The van der Waals surface area contributed by atoms with Crippen LogP contribution in [0.25, 0.3) is 0 Å². The molecule has 2 aliphatic heterocycles. The molecule has 1 aromatic carbocycles. The van der Waals surface area contributed by atoms with Gasteiger partial charge in [-0.15, -0.1) is 0 Å². The summed E-state index contributed by atoms with van der Waals surface area (Å²) in [5.74, 6) is 1.70. The maximum Gasteiger partial charge on any atom is 0.245 e. The predicted molar refractivity (Wildman–Crippen MR) is 94.3 cm³/mol. The van der Waals surface area contributed by atoms with Gasteiger partial charge in [-0.3, -0.25) is 4.79 Å². The van der Waals surface area contributed by atoms with Gasteiger partial charge < -0.3 is 10.2 Å². The summed E-state index contributed by atoms with van der Waals surface area (Å²) in [6.07, 6.45) is 1.65. The fraction of sp³-hybridized carbons (Fsp3) is 0.556. The Hall–Kier alpha value is -2.44. The first-order chi connectivity index (χ1) is 12.1. The van der Waals surface area contributed by atoms with Gasteiger partial charge in [-0.1, -0.05) is 34.9 Å². The monoisotopic (exact) mass is 340 g/mol. The van der Waals surface area contributed by atoms with E-state index in [0.29, 0.717) is 31.5 Å². The van der Waals surface area contributed by atoms with Crippen LogP contribution in [0.3, 0.4) is 0 Å². The minimum absolute atomic E-state index is 0.119. The average Bonchev–Trinajstić information content (AvgIpc) is 3.29. The van der Waals surface area contributed by atoms with Crippen LogP contribution in [-0.4, -0.2) is 45.2 Å². The third-order valence-corrected chi connectivity index (χ3v) is 5.39. The van der Waals surface area contributed by atoms with Gasteiger partial charge in [-0.2, -0.15) is 0 Å². The van der Waals surface area contributed by atoms with E-state index in [1.807, 2.05) is 4.68 Å². The Bertz CT molecular complexity index is 755. The van der Waals surface area contributed by atoms with Crippen molar-refractivity contribution in [2.45, 2.75) is 45.2 Å². The molecule has 1 aromatic heterocycles. The van der Waals surface area contributed by atoms with Crippen molar-refractivity contribution in [3.05, 3.63) is 35.4 Å². The Morgan fingerprint density at radius 2 is 2.08 bits per heavy atom. The van der Waals surface area contributed by atoms with Gasteiger partial charge in [0.05, 0.1) is 6.54 Å². The number of aromatic nitrogens is 4. The molecule has 2 aliphatic rings. The van der Waals surface area contributed by atoms with Crippen LogP contribution in [0, 0.1) is 12.8 Å². The van der Waals surface area contributed by atoms with Gasteiger partial charge in [-0.05, 0) is 36.3 Å². The Morgan fingerprint density at radius 1 is 1.28 bits per heavy atom. The van der Waals surface area contributed by atoms with Crippen molar-refractivity contribution in [3.63, 3.8) is 0 Å². The second-order valence-electron chi connectivity index (χ2n) is 7.38. The Balaban J connectivity index is 1.49. The number of benzene rings is 1. The van der Waals surface area contributed by atoms with E-state index in [1.165, 1.54) is 11.1 Å². The molecule has 3 atom stereocenters. The van der Waals surface area contributed by atoms with E-state index >= 15 is 0 Å². The fourth-order valence-electron chi connectivity index (χ4n) is 3.95. The number of anilines is 1. The molecule has 0 spiro atoms. The lowest BCUT2D eigenvalue weighted by Gasteiger charge is -2.22. The quantitative estimate of drug-likeness (QED) is 0.913. The van der Waals surface area contributed by atoms with Crippen LogP contribution >= 0.6 is 0 Å². The van der Waals surface area contributed by atoms with Crippen molar-refractivity contribution in [2.75, 3.05) is 18.0 Å². The Labute approximate surface area is 147 Å². The number of nitrogens with zero attached hydrogens (tertiary/aromatic N) is 5. The van der Waals surface area contributed by atoms with Crippen molar-refractivity contribution >= 4 is 11.9 Å². The molecule has 0 aliphatic carbocycles. The summed E-state index contributed by atoms with van der Waals surface area (Å²) in [6, 6.07) is 9.21. The number of tetrazole rings is 1. The maximum atomic E-state index is 11.4. The molecule has 4 rings (SSSR count). The van der Waals surface area contributed by atoms with Crippen LogP contribution in [-0.2, 0) is 11.3 Å². The number of amides is 1. The van der Waals surface area contributed by atoms with Crippen molar-refractivity contribution in [1.82, 2.24) is 25.5 Å². The molecule has 3 unspecified atom stereocenters. The van der Waals surface area contributed by atoms with Gasteiger partial charge in [0.2, 0.25) is 11.9 Å². The van der Waals surface area contributed by atoms with Gasteiger partial charge >= 0.3 is 0 Å². The molecular formula is C18H24N6O.